The first kappa shape index (κ1) is 13.6. The number of carbonyl (C=O) groups excluding carboxylic acids is 1. The van der Waals surface area contributed by atoms with Crippen molar-refractivity contribution in [3.8, 4) is 5.75 Å². The third-order valence-corrected chi connectivity index (χ3v) is 3.74. The highest BCUT2D eigenvalue weighted by atomic mass is 19.1. The zero-order valence-corrected chi connectivity index (χ0v) is 11.8. The summed E-state index contributed by atoms with van der Waals surface area (Å²) in [4.78, 5) is 14.1. The van der Waals surface area contributed by atoms with Crippen LogP contribution in [0, 0.1) is 5.82 Å². The van der Waals surface area contributed by atoms with Gasteiger partial charge in [0.15, 0.2) is 0 Å². The van der Waals surface area contributed by atoms with E-state index in [1.54, 1.807) is 44.4 Å². The van der Waals surface area contributed by atoms with Gasteiger partial charge >= 0.3 is 0 Å². The Morgan fingerprint density at radius 3 is 2.48 bits per heavy atom. The first-order valence-electron chi connectivity index (χ1n) is 6.52. The quantitative estimate of drug-likeness (QED) is 0.923. The number of hydrogen-bond acceptors (Lipinski definition) is 3. The van der Waals surface area contributed by atoms with Gasteiger partial charge in [0.25, 0.3) is 5.91 Å². The van der Waals surface area contributed by atoms with Gasteiger partial charge in [-0.05, 0) is 49.4 Å². The van der Waals surface area contributed by atoms with Crippen molar-refractivity contribution in [3.63, 3.8) is 0 Å². The molecule has 3 rings (SSSR count). The number of nitrogens with two attached hydrogens (primary N) is 1. The molecule has 1 aliphatic rings. The van der Waals surface area contributed by atoms with Crippen molar-refractivity contribution in [1.82, 2.24) is 0 Å². The van der Waals surface area contributed by atoms with E-state index in [0.717, 1.165) is 0 Å². The van der Waals surface area contributed by atoms with Crippen LogP contribution in [0.15, 0.2) is 42.5 Å². The molecule has 0 aliphatic carbocycles. The fourth-order valence-electron chi connectivity index (χ4n) is 2.56. The maximum absolute atomic E-state index is 13.1. The Bertz CT molecular complexity index is 711. The number of amides is 1. The fraction of sp³-hybridized carbons (Fsp3) is 0.188. The number of halogens is 1. The number of carbonyl (C=O) groups is 1. The van der Waals surface area contributed by atoms with Crippen molar-refractivity contribution in [2.24, 2.45) is 5.73 Å². The van der Waals surface area contributed by atoms with Gasteiger partial charge in [-0.15, -0.1) is 0 Å². The second-order valence-corrected chi connectivity index (χ2v) is 5.20. The summed E-state index contributed by atoms with van der Waals surface area (Å²) >= 11 is 0. The number of ether oxygens (including phenoxy) is 1. The lowest BCUT2D eigenvalue weighted by Crippen LogP contribution is -2.43. The van der Waals surface area contributed by atoms with Gasteiger partial charge in [0.1, 0.15) is 17.1 Å². The Labute approximate surface area is 121 Å². The maximum atomic E-state index is 13.1. The summed E-state index contributed by atoms with van der Waals surface area (Å²) in [5.41, 5.74) is 7.02. The molecule has 5 heteroatoms. The molecule has 21 heavy (non-hydrogen) atoms. The molecule has 1 heterocycles. The van der Waals surface area contributed by atoms with Crippen LogP contribution in [0.3, 0.4) is 0 Å². The van der Waals surface area contributed by atoms with Crippen LogP contribution in [0.25, 0.3) is 0 Å². The van der Waals surface area contributed by atoms with Gasteiger partial charge in [-0.3, -0.25) is 9.69 Å². The third-order valence-electron chi connectivity index (χ3n) is 3.74. The molecule has 1 aliphatic heterocycles. The molecular weight excluding hydrogens is 271 g/mol. The van der Waals surface area contributed by atoms with Gasteiger partial charge in [-0.25, -0.2) is 4.39 Å². The number of nitrogens with zero attached hydrogens (tertiary/aromatic N) is 1. The van der Waals surface area contributed by atoms with E-state index in [1.807, 2.05) is 0 Å². The van der Waals surface area contributed by atoms with E-state index in [0.29, 0.717) is 22.7 Å². The number of fused-ring (bicyclic) bond motifs is 1. The largest absolute Gasteiger partial charge is 0.497 e. The summed E-state index contributed by atoms with van der Waals surface area (Å²) in [6.07, 6.45) is 0. The number of methoxy groups -OCH3 is 1. The Morgan fingerprint density at radius 2 is 1.86 bits per heavy atom. The van der Waals surface area contributed by atoms with E-state index in [2.05, 4.69) is 0 Å². The topological polar surface area (TPSA) is 55.6 Å². The van der Waals surface area contributed by atoms with Crippen molar-refractivity contribution >= 4 is 17.3 Å². The molecule has 0 fully saturated rings. The van der Waals surface area contributed by atoms with Gasteiger partial charge < -0.3 is 10.5 Å². The second-order valence-electron chi connectivity index (χ2n) is 5.20. The molecule has 0 aromatic heterocycles. The third kappa shape index (κ3) is 1.97. The first-order valence-corrected chi connectivity index (χ1v) is 6.52. The lowest BCUT2D eigenvalue weighted by Gasteiger charge is -2.20. The van der Waals surface area contributed by atoms with Gasteiger partial charge in [-0.2, -0.15) is 0 Å². The van der Waals surface area contributed by atoms with Gasteiger partial charge in [0, 0.05) is 11.3 Å². The monoisotopic (exact) mass is 286 g/mol. The van der Waals surface area contributed by atoms with Crippen LogP contribution >= 0.6 is 0 Å². The molecular formula is C16H15FN2O2. The lowest BCUT2D eigenvalue weighted by atomic mass is 9.95. The maximum Gasteiger partial charge on any atom is 0.256 e. The molecule has 0 radical (unpaired) electrons. The van der Waals surface area contributed by atoms with Crippen LogP contribution < -0.4 is 15.4 Å². The van der Waals surface area contributed by atoms with E-state index in [-0.39, 0.29) is 11.7 Å². The predicted molar refractivity (Wildman–Crippen MR) is 78.1 cm³/mol. The average molecular weight is 286 g/mol. The Hall–Kier alpha value is -2.40. The van der Waals surface area contributed by atoms with Crippen molar-refractivity contribution in [2.75, 3.05) is 12.0 Å². The predicted octanol–water partition coefficient (Wildman–Crippen LogP) is 2.69. The normalized spacial score (nSPS) is 20.6. The minimum Gasteiger partial charge on any atom is -0.497 e. The zero-order valence-electron chi connectivity index (χ0n) is 11.8. The van der Waals surface area contributed by atoms with E-state index >= 15 is 0 Å². The van der Waals surface area contributed by atoms with Crippen LogP contribution in [0.5, 0.6) is 5.75 Å². The summed E-state index contributed by atoms with van der Waals surface area (Å²) in [6, 6.07) is 11.1. The average Bonchev–Trinajstić information content (AvgIpc) is 2.68. The molecule has 1 unspecified atom stereocenters. The second kappa shape index (κ2) is 4.56. The summed E-state index contributed by atoms with van der Waals surface area (Å²) in [5, 5.41) is 0. The van der Waals surface area contributed by atoms with Crippen LogP contribution in [-0.4, -0.2) is 13.0 Å². The number of benzene rings is 2. The molecule has 0 saturated carbocycles. The van der Waals surface area contributed by atoms with Crippen molar-refractivity contribution in [2.45, 2.75) is 12.5 Å². The van der Waals surface area contributed by atoms with Crippen LogP contribution in [0.1, 0.15) is 12.5 Å². The Morgan fingerprint density at radius 1 is 1.19 bits per heavy atom. The van der Waals surface area contributed by atoms with Crippen molar-refractivity contribution < 1.29 is 13.9 Å². The van der Waals surface area contributed by atoms with Crippen LogP contribution in [-0.2, 0) is 10.3 Å². The molecule has 2 N–H and O–H groups in total. The van der Waals surface area contributed by atoms with Crippen LogP contribution in [0.4, 0.5) is 15.8 Å². The van der Waals surface area contributed by atoms with Gasteiger partial charge in [-0.1, -0.05) is 0 Å². The minimum atomic E-state index is -1.14. The number of anilines is 2. The fourth-order valence-corrected chi connectivity index (χ4v) is 2.56. The molecule has 0 saturated heterocycles. The molecule has 2 aromatic rings. The number of rotatable bonds is 2. The lowest BCUT2D eigenvalue weighted by molar-refractivity contribution is -0.121. The SMILES string of the molecule is COc1ccc2c(c1)C(C)(N)C(=O)N2c1ccc(F)cc1. The minimum absolute atomic E-state index is 0.252. The molecule has 1 amide bonds. The summed E-state index contributed by atoms with van der Waals surface area (Å²) < 4.78 is 18.3. The smallest absolute Gasteiger partial charge is 0.256 e. The molecule has 108 valence electrons. The molecule has 0 bridgehead atoms. The van der Waals surface area contributed by atoms with E-state index in [4.69, 9.17) is 10.5 Å². The zero-order chi connectivity index (χ0) is 15.2. The van der Waals surface area contributed by atoms with Crippen molar-refractivity contribution in [3.05, 3.63) is 53.8 Å². The molecule has 1 atom stereocenters. The summed E-state index contributed by atoms with van der Waals surface area (Å²) in [5.74, 6) is 0.0346. The highest BCUT2D eigenvalue weighted by Crippen LogP contribution is 2.44. The van der Waals surface area contributed by atoms with E-state index in [1.165, 1.54) is 17.0 Å². The summed E-state index contributed by atoms with van der Waals surface area (Å²) in [7, 11) is 1.56. The van der Waals surface area contributed by atoms with Crippen LogP contribution in [0.2, 0.25) is 0 Å². The van der Waals surface area contributed by atoms with E-state index in [9.17, 15) is 9.18 Å². The van der Waals surface area contributed by atoms with Crippen molar-refractivity contribution in [1.29, 1.82) is 0 Å². The Balaban J connectivity index is 2.17. The molecule has 4 nitrogen and oxygen atoms in total. The first-order chi connectivity index (χ1) is 9.95. The highest BCUT2D eigenvalue weighted by Gasteiger charge is 2.45. The van der Waals surface area contributed by atoms with Gasteiger partial charge in [0.05, 0.1) is 12.8 Å². The van der Waals surface area contributed by atoms with E-state index < -0.39 is 5.54 Å². The Kier molecular flexibility index (Phi) is 2.95. The molecule has 0 spiro atoms. The summed E-state index contributed by atoms with van der Waals surface area (Å²) in [6.45, 7) is 1.66. The standard InChI is InChI=1S/C16H15FN2O2/c1-16(18)13-9-12(21-2)7-8-14(13)19(15(16)20)11-5-3-10(17)4-6-11/h3-9H,18H2,1-2H3. The highest BCUT2D eigenvalue weighted by molar-refractivity contribution is 6.12. The van der Waals surface area contributed by atoms with Gasteiger partial charge in [0.2, 0.25) is 0 Å². The number of hydrogen-bond donors (Lipinski definition) is 1. The molecule has 2 aromatic carbocycles.